The largest absolute Gasteiger partial charge is 0.398 e. The summed E-state index contributed by atoms with van der Waals surface area (Å²) in [5.41, 5.74) is 7.71. The van der Waals surface area contributed by atoms with Crippen molar-refractivity contribution in [3.63, 3.8) is 0 Å². The maximum Gasteiger partial charge on any atom is 0.304 e. The molecule has 6 heteroatoms. The Bertz CT molecular complexity index is 662. The summed E-state index contributed by atoms with van der Waals surface area (Å²) in [4.78, 5) is 10.8. The molecule has 0 radical (unpaired) electrons. The second-order valence-corrected chi connectivity index (χ2v) is 5.32. The Balaban J connectivity index is 2.13. The molecule has 0 heterocycles. The van der Waals surface area contributed by atoms with Gasteiger partial charge in [0.05, 0.1) is 4.92 Å². The number of thioether (sulfide) groups is 1. The zero-order valence-electron chi connectivity index (χ0n) is 10.8. The zero-order chi connectivity index (χ0) is 14.7. The zero-order valence-corrected chi connectivity index (χ0v) is 11.6. The number of nitro benzene ring substituents is 1. The molecule has 20 heavy (non-hydrogen) atoms. The van der Waals surface area contributed by atoms with Crippen LogP contribution in [0.5, 0.6) is 0 Å². The number of benzene rings is 2. The topological polar surface area (TPSA) is 69.2 Å². The Hall–Kier alpha value is -2.08. The highest BCUT2D eigenvalue weighted by atomic mass is 32.2. The van der Waals surface area contributed by atoms with Crippen molar-refractivity contribution in [2.24, 2.45) is 0 Å². The van der Waals surface area contributed by atoms with Gasteiger partial charge in [0.2, 0.25) is 5.82 Å². The van der Waals surface area contributed by atoms with Crippen LogP contribution in [0.1, 0.15) is 11.1 Å². The molecule has 0 unspecified atom stereocenters. The van der Waals surface area contributed by atoms with Crippen molar-refractivity contribution < 1.29 is 9.31 Å². The van der Waals surface area contributed by atoms with E-state index in [-0.39, 0.29) is 0 Å². The normalized spacial score (nSPS) is 10.5. The van der Waals surface area contributed by atoms with Crippen molar-refractivity contribution in [2.45, 2.75) is 17.6 Å². The summed E-state index contributed by atoms with van der Waals surface area (Å²) in [6, 6.07) is 9.59. The third-order valence-electron chi connectivity index (χ3n) is 2.93. The van der Waals surface area contributed by atoms with Crippen LogP contribution in [0.25, 0.3) is 0 Å². The van der Waals surface area contributed by atoms with Crippen LogP contribution < -0.4 is 5.73 Å². The minimum Gasteiger partial charge on any atom is -0.398 e. The third kappa shape index (κ3) is 3.08. The molecule has 2 aromatic rings. The van der Waals surface area contributed by atoms with E-state index in [9.17, 15) is 14.5 Å². The van der Waals surface area contributed by atoms with Crippen LogP contribution in [0.2, 0.25) is 0 Å². The van der Waals surface area contributed by atoms with Gasteiger partial charge in [0, 0.05) is 22.4 Å². The van der Waals surface area contributed by atoms with Gasteiger partial charge < -0.3 is 5.73 Å². The molecule has 0 saturated heterocycles. The fourth-order valence-electron chi connectivity index (χ4n) is 1.74. The fraction of sp³-hybridized carbons (Fsp3) is 0.143. The van der Waals surface area contributed by atoms with Crippen LogP contribution in [0.4, 0.5) is 15.8 Å². The molecule has 0 aliphatic carbocycles. The van der Waals surface area contributed by atoms with E-state index in [0.29, 0.717) is 17.0 Å². The molecule has 0 saturated carbocycles. The van der Waals surface area contributed by atoms with E-state index in [2.05, 4.69) is 0 Å². The van der Waals surface area contributed by atoms with Gasteiger partial charge in [-0.15, -0.1) is 11.8 Å². The Morgan fingerprint density at radius 1 is 1.35 bits per heavy atom. The van der Waals surface area contributed by atoms with Gasteiger partial charge in [-0.3, -0.25) is 10.1 Å². The molecule has 4 nitrogen and oxygen atoms in total. The Morgan fingerprint density at radius 3 is 2.75 bits per heavy atom. The molecule has 2 N–H and O–H groups in total. The number of hydrogen-bond donors (Lipinski definition) is 1. The van der Waals surface area contributed by atoms with Crippen molar-refractivity contribution in [3.05, 3.63) is 63.5 Å². The molecular formula is C14H13FN2O2S. The molecule has 2 aromatic carbocycles. The smallest absolute Gasteiger partial charge is 0.304 e. The highest BCUT2D eigenvalue weighted by Gasteiger charge is 2.13. The van der Waals surface area contributed by atoms with Crippen LogP contribution in [0, 0.1) is 22.9 Å². The van der Waals surface area contributed by atoms with Crippen LogP contribution in [0.15, 0.2) is 41.3 Å². The minimum absolute atomic E-state index is 0.501. The average molecular weight is 292 g/mol. The molecule has 0 bridgehead atoms. The van der Waals surface area contributed by atoms with Gasteiger partial charge in [-0.25, -0.2) is 0 Å². The minimum atomic E-state index is -0.808. The monoisotopic (exact) mass is 292 g/mol. The van der Waals surface area contributed by atoms with E-state index in [1.165, 1.54) is 23.9 Å². The summed E-state index contributed by atoms with van der Waals surface area (Å²) in [7, 11) is 0. The number of rotatable bonds is 4. The second-order valence-electron chi connectivity index (χ2n) is 4.30. The summed E-state index contributed by atoms with van der Waals surface area (Å²) in [6.07, 6.45) is 0. The first-order valence-electron chi connectivity index (χ1n) is 5.89. The highest BCUT2D eigenvalue weighted by Crippen LogP contribution is 2.29. The Morgan fingerprint density at radius 2 is 2.10 bits per heavy atom. The first-order chi connectivity index (χ1) is 9.49. The van der Waals surface area contributed by atoms with Crippen molar-refractivity contribution in [1.29, 1.82) is 0 Å². The summed E-state index contributed by atoms with van der Waals surface area (Å²) in [5, 5.41) is 10.5. The number of hydrogen-bond acceptors (Lipinski definition) is 4. The maximum atomic E-state index is 13.5. The van der Waals surface area contributed by atoms with Crippen molar-refractivity contribution in [1.82, 2.24) is 0 Å². The number of anilines is 1. The van der Waals surface area contributed by atoms with E-state index >= 15 is 0 Å². The van der Waals surface area contributed by atoms with E-state index in [0.717, 1.165) is 10.5 Å². The third-order valence-corrected chi connectivity index (χ3v) is 4.16. The summed E-state index contributed by atoms with van der Waals surface area (Å²) < 4.78 is 13.5. The standard InChI is InChI=1S/C14H13FN2O2S/c1-9-12(16)3-2-4-14(9)20-8-10-5-6-13(17(18)19)11(15)7-10/h2-7H,8,16H2,1H3. The van der Waals surface area contributed by atoms with Gasteiger partial charge >= 0.3 is 5.69 Å². The number of nitrogen functional groups attached to an aromatic ring is 1. The fourth-order valence-corrected chi connectivity index (χ4v) is 2.75. The number of nitrogens with zero attached hydrogens (tertiary/aromatic N) is 1. The molecule has 2 rings (SSSR count). The lowest BCUT2D eigenvalue weighted by Crippen LogP contribution is -1.94. The lowest BCUT2D eigenvalue weighted by molar-refractivity contribution is -0.387. The first-order valence-corrected chi connectivity index (χ1v) is 6.88. The van der Waals surface area contributed by atoms with Gasteiger partial charge in [-0.1, -0.05) is 12.1 Å². The number of nitro groups is 1. The number of nitrogens with two attached hydrogens (primary N) is 1. The molecular weight excluding hydrogens is 279 g/mol. The van der Waals surface area contributed by atoms with Crippen LogP contribution in [-0.4, -0.2) is 4.92 Å². The molecule has 104 valence electrons. The Kier molecular flexibility index (Phi) is 4.24. The van der Waals surface area contributed by atoms with Gasteiger partial charge in [0.1, 0.15) is 0 Å². The van der Waals surface area contributed by atoms with E-state index in [1.54, 1.807) is 6.07 Å². The van der Waals surface area contributed by atoms with E-state index in [1.807, 2.05) is 25.1 Å². The number of halogens is 1. The lowest BCUT2D eigenvalue weighted by Gasteiger charge is -2.08. The predicted molar refractivity (Wildman–Crippen MR) is 78.2 cm³/mol. The average Bonchev–Trinajstić information content (AvgIpc) is 2.40. The molecule has 0 aromatic heterocycles. The van der Waals surface area contributed by atoms with E-state index in [4.69, 9.17) is 5.73 Å². The Labute approximate surface area is 119 Å². The molecule has 0 atom stereocenters. The SMILES string of the molecule is Cc1c(N)cccc1SCc1ccc([N+](=O)[O-])c(F)c1. The van der Waals surface area contributed by atoms with Crippen molar-refractivity contribution in [2.75, 3.05) is 5.73 Å². The molecule has 0 fully saturated rings. The van der Waals surface area contributed by atoms with Gasteiger partial charge in [-0.2, -0.15) is 4.39 Å². The molecule has 0 spiro atoms. The first kappa shape index (κ1) is 14.3. The molecule has 0 aliphatic rings. The van der Waals surface area contributed by atoms with Gasteiger partial charge in [-0.05, 0) is 36.2 Å². The van der Waals surface area contributed by atoms with E-state index < -0.39 is 16.4 Å². The molecule has 0 aliphatic heterocycles. The summed E-state index contributed by atoms with van der Waals surface area (Å²) >= 11 is 1.52. The maximum absolute atomic E-state index is 13.5. The second kappa shape index (κ2) is 5.92. The van der Waals surface area contributed by atoms with Gasteiger partial charge in [0.25, 0.3) is 0 Å². The van der Waals surface area contributed by atoms with Crippen molar-refractivity contribution >= 4 is 23.1 Å². The van der Waals surface area contributed by atoms with Crippen LogP contribution in [-0.2, 0) is 5.75 Å². The highest BCUT2D eigenvalue weighted by molar-refractivity contribution is 7.98. The van der Waals surface area contributed by atoms with Gasteiger partial charge in [0.15, 0.2) is 0 Å². The lowest BCUT2D eigenvalue weighted by atomic mass is 10.2. The van der Waals surface area contributed by atoms with Crippen molar-refractivity contribution in [3.8, 4) is 0 Å². The summed E-state index contributed by atoms with van der Waals surface area (Å²) in [5.74, 6) is -0.281. The molecule has 0 amide bonds. The summed E-state index contributed by atoms with van der Waals surface area (Å²) in [6.45, 7) is 1.92. The quantitative estimate of drug-likeness (QED) is 0.401. The van der Waals surface area contributed by atoms with Crippen LogP contribution in [0.3, 0.4) is 0 Å². The van der Waals surface area contributed by atoms with Crippen LogP contribution >= 0.6 is 11.8 Å². The predicted octanol–water partition coefficient (Wildman–Crippen LogP) is 3.92.